The molecular weight excluding hydrogens is 428 g/mol. The van der Waals surface area contributed by atoms with Gasteiger partial charge in [-0.25, -0.2) is 0 Å². The van der Waals surface area contributed by atoms with Crippen LogP contribution in [-0.2, 0) is 35.1 Å². The average molecular weight is 461 g/mol. The first-order valence-corrected chi connectivity index (χ1v) is 10.9. The van der Waals surface area contributed by atoms with Crippen LogP contribution in [0.2, 0.25) is 0 Å². The highest BCUT2D eigenvalue weighted by Gasteiger charge is 2.29. The number of carbonyl (C=O) groups excluding carboxylic acids is 5. The fraction of sp³-hybridized carbons (Fsp3) is 0.522. The van der Waals surface area contributed by atoms with E-state index in [-0.39, 0.29) is 36.5 Å². The predicted molar refractivity (Wildman–Crippen MR) is 121 cm³/mol. The Labute approximate surface area is 194 Å². The van der Waals surface area contributed by atoms with E-state index in [2.05, 4.69) is 0 Å². The molecular formula is C23H32N4O6. The number of benzene rings is 1. The number of anilines is 1. The van der Waals surface area contributed by atoms with Crippen LogP contribution in [0.4, 0.5) is 5.69 Å². The monoisotopic (exact) mass is 460 g/mol. The standard InChI is InChI=1S/C23H32N4O6/c1-24(17-28)10-4-13-33-14-12-25(2)21(30)16-22(31)26(3)19-7-5-18(6-8-19)15-23(32)27-11-9-20(27)29/h5-8,17H,4,9-16H2,1-3H3. The molecule has 0 bridgehead atoms. The number of likely N-dealkylation sites (tertiary alicyclic amines) is 1. The van der Waals surface area contributed by atoms with Crippen LogP contribution >= 0.6 is 0 Å². The van der Waals surface area contributed by atoms with E-state index in [1.807, 2.05) is 0 Å². The van der Waals surface area contributed by atoms with Crippen LogP contribution in [0.3, 0.4) is 0 Å². The van der Waals surface area contributed by atoms with Gasteiger partial charge in [0.1, 0.15) is 6.42 Å². The summed E-state index contributed by atoms with van der Waals surface area (Å²) in [7, 11) is 4.91. The van der Waals surface area contributed by atoms with E-state index in [9.17, 15) is 24.0 Å². The van der Waals surface area contributed by atoms with E-state index in [4.69, 9.17) is 4.74 Å². The number of imide groups is 1. The third kappa shape index (κ3) is 7.98. The Bertz CT molecular complexity index is 857. The highest BCUT2D eigenvalue weighted by Crippen LogP contribution is 2.17. The minimum absolute atomic E-state index is 0.128. The molecule has 1 fully saturated rings. The number of carbonyl (C=O) groups is 5. The summed E-state index contributed by atoms with van der Waals surface area (Å²) in [5, 5.41) is 0. The third-order valence-corrected chi connectivity index (χ3v) is 5.48. The van der Waals surface area contributed by atoms with Gasteiger partial charge in [0.15, 0.2) is 0 Å². The normalized spacial score (nSPS) is 12.7. The summed E-state index contributed by atoms with van der Waals surface area (Å²) >= 11 is 0. The second-order valence-corrected chi connectivity index (χ2v) is 8.03. The van der Waals surface area contributed by atoms with Gasteiger partial charge in [0.2, 0.25) is 30.0 Å². The number of ether oxygens (including phenoxy) is 1. The molecule has 10 heteroatoms. The molecule has 10 nitrogen and oxygen atoms in total. The van der Waals surface area contributed by atoms with Gasteiger partial charge in [-0.1, -0.05) is 12.1 Å². The maximum atomic E-state index is 12.5. The SMILES string of the molecule is CN(C=O)CCCOCCN(C)C(=O)CC(=O)N(C)c1ccc(CC(=O)N2CCC2=O)cc1. The molecule has 0 N–H and O–H groups in total. The molecule has 2 rings (SSSR count). The van der Waals surface area contributed by atoms with E-state index < -0.39 is 0 Å². The Balaban J connectivity index is 1.72. The molecule has 0 atom stereocenters. The molecule has 33 heavy (non-hydrogen) atoms. The first kappa shape index (κ1) is 26.0. The Hall–Kier alpha value is -3.27. The quantitative estimate of drug-likeness (QED) is 0.181. The van der Waals surface area contributed by atoms with Gasteiger partial charge in [0.05, 0.1) is 13.0 Å². The van der Waals surface area contributed by atoms with Crippen molar-refractivity contribution < 1.29 is 28.7 Å². The Kier molecular flexibility index (Phi) is 9.99. The van der Waals surface area contributed by atoms with Crippen molar-refractivity contribution in [2.45, 2.75) is 25.7 Å². The van der Waals surface area contributed by atoms with Crippen molar-refractivity contribution in [3.63, 3.8) is 0 Å². The number of likely N-dealkylation sites (N-methyl/N-ethyl adjacent to an activating group) is 1. The molecule has 1 aliphatic heterocycles. The summed E-state index contributed by atoms with van der Waals surface area (Å²) in [6.45, 7) is 2.27. The summed E-state index contributed by atoms with van der Waals surface area (Å²) in [6, 6.07) is 6.89. The van der Waals surface area contributed by atoms with E-state index in [1.54, 1.807) is 45.4 Å². The maximum Gasteiger partial charge on any atom is 0.236 e. The van der Waals surface area contributed by atoms with Gasteiger partial charge < -0.3 is 19.4 Å². The highest BCUT2D eigenvalue weighted by atomic mass is 16.5. The zero-order valence-corrected chi connectivity index (χ0v) is 19.5. The number of amides is 5. The average Bonchev–Trinajstić information content (AvgIpc) is 2.79. The molecule has 0 aromatic heterocycles. The van der Waals surface area contributed by atoms with Crippen molar-refractivity contribution >= 4 is 35.7 Å². The van der Waals surface area contributed by atoms with Crippen molar-refractivity contribution in [3.8, 4) is 0 Å². The Morgan fingerprint density at radius 1 is 1.03 bits per heavy atom. The van der Waals surface area contributed by atoms with Crippen molar-refractivity contribution in [2.75, 3.05) is 58.9 Å². The molecule has 1 saturated heterocycles. The lowest BCUT2D eigenvalue weighted by molar-refractivity contribution is -0.152. The summed E-state index contributed by atoms with van der Waals surface area (Å²) in [5.74, 6) is -1.03. The number of nitrogens with zero attached hydrogens (tertiary/aromatic N) is 4. The van der Waals surface area contributed by atoms with Gasteiger partial charge in [0, 0.05) is 59.5 Å². The number of hydrogen-bond donors (Lipinski definition) is 0. The van der Waals surface area contributed by atoms with Gasteiger partial charge in [0.25, 0.3) is 0 Å². The summed E-state index contributed by atoms with van der Waals surface area (Å²) in [4.78, 5) is 64.4. The first-order chi connectivity index (χ1) is 15.7. The zero-order chi connectivity index (χ0) is 24.4. The molecule has 0 saturated carbocycles. The largest absolute Gasteiger partial charge is 0.380 e. The van der Waals surface area contributed by atoms with Crippen LogP contribution in [0.1, 0.15) is 24.8 Å². The summed E-state index contributed by atoms with van der Waals surface area (Å²) in [5.41, 5.74) is 1.35. The van der Waals surface area contributed by atoms with Gasteiger partial charge in [-0.2, -0.15) is 0 Å². The van der Waals surface area contributed by atoms with E-state index in [1.165, 1.54) is 19.6 Å². The zero-order valence-electron chi connectivity index (χ0n) is 19.5. The topological polar surface area (TPSA) is 108 Å². The minimum atomic E-state index is -0.348. The maximum absolute atomic E-state index is 12.5. The molecule has 0 unspecified atom stereocenters. The van der Waals surface area contributed by atoms with Crippen molar-refractivity contribution in [2.24, 2.45) is 0 Å². The van der Waals surface area contributed by atoms with Gasteiger partial charge in [-0.15, -0.1) is 0 Å². The molecule has 1 aliphatic rings. The minimum Gasteiger partial charge on any atom is -0.380 e. The third-order valence-electron chi connectivity index (χ3n) is 5.48. The van der Waals surface area contributed by atoms with Crippen LogP contribution < -0.4 is 4.90 Å². The fourth-order valence-corrected chi connectivity index (χ4v) is 3.11. The van der Waals surface area contributed by atoms with E-state index in [0.29, 0.717) is 51.4 Å². The van der Waals surface area contributed by atoms with Crippen molar-refractivity contribution in [1.29, 1.82) is 0 Å². The van der Waals surface area contributed by atoms with E-state index in [0.717, 1.165) is 12.0 Å². The lowest BCUT2D eigenvalue weighted by Crippen LogP contribution is -2.48. The molecule has 0 radical (unpaired) electrons. The lowest BCUT2D eigenvalue weighted by Gasteiger charge is -2.28. The number of rotatable bonds is 13. The van der Waals surface area contributed by atoms with Gasteiger partial charge >= 0.3 is 0 Å². The Morgan fingerprint density at radius 2 is 1.73 bits per heavy atom. The molecule has 1 aromatic rings. The van der Waals surface area contributed by atoms with Crippen molar-refractivity contribution in [3.05, 3.63) is 29.8 Å². The molecule has 0 aliphatic carbocycles. The molecule has 5 amide bonds. The second kappa shape index (κ2) is 12.7. The lowest BCUT2D eigenvalue weighted by atomic mass is 10.1. The van der Waals surface area contributed by atoms with Crippen LogP contribution in [0.15, 0.2) is 24.3 Å². The summed E-state index contributed by atoms with van der Waals surface area (Å²) < 4.78 is 5.46. The first-order valence-electron chi connectivity index (χ1n) is 10.9. The number of hydrogen-bond acceptors (Lipinski definition) is 6. The molecule has 1 aromatic carbocycles. The molecule has 1 heterocycles. The fourth-order valence-electron chi connectivity index (χ4n) is 3.11. The highest BCUT2D eigenvalue weighted by molar-refractivity contribution is 6.04. The van der Waals surface area contributed by atoms with Crippen molar-refractivity contribution in [1.82, 2.24) is 14.7 Å². The smallest absolute Gasteiger partial charge is 0.236 e. The van der Waals surface area contributed by atoms with Crippen LogP contribution in [-0.4, -0.2) is 98.7 Å². The Morgan fingerprint density at radius 3 is 2.30 bits per heavy atom. The van der Waals surface area contributed by atoms with Crippen LogP contribution in [0.25, 0.3) is 0 Å². The van der Waals surface area contributed by atoms with E-state index >= 15 is 0 Å². The summed E-state index contributed by atoms with van der Waals surface area (Å²) in [6.07, 6.45) is 1.74. The van der Waals surface area contributed by atoms with Crippen LogP contribution in [0, 0.1) is 0 Å². The predicted octanol–water partition coefficient (Wildman–Crippen LogP) is 0.294. The second-order valence-electron chi connectivity index (χ2n) is 8.03. The van der Waals surface area contributed by atoms with Gasteiger partial charge in [-0.3, -0.25) is 28.9 Å². The number of β-lactam (4-membered cyclic amide) rings is 1. The van der Waals surface area contributed by atoms with Crippen LogP contribution in [0.5, 0.6) is 0 Å². The molecule has 180 valence electrons. The van der Waals surface area contributed by atoms with Gasteiger partial charge in [-0.05, 0) is 24.1 Å². The molecule has 0 spiro atoms.